The summed E-state index contributed by atoms with van der Waals surface area (Å²) in [5.74, 6) is -0.315. The van der Waals surface area contributed by atoms with Crippen LogP contribution in [-0.4, -0.2) is 25.4 Å². The van der Waals surface area contributed by atoms with Crippen LogP contribution in [0.3, 0.4) is 0 Å². The van der Waals surface area contributed by atoms with Crippen molar-refractivity contribution in [2.45, 2.75) is 13.3 Å². The van der Waals surface area contributed by atoms with Gasteiger partial charge in [-0.1, -0.05) is 0 Å². The van der Waals surface area contributed by atoms with Gasteiger partial charge in [-0.2, -0.15) is 0 Å². The molecule has 0 radical (unpaired) electrons. The van der Waals surface area contributed by atoms with Crippen LogP contribution in [0.5, 0.6) is 0 Å². The van der Waals surface area contributed by atoms with Crippen LogP contribution in [0.25, 0.3) is 0 Å². The second kappa shape index (κ2) is 6.03. The van der Waals surface area contributed by atoms with Gasteiger partial charge in [-0.05, 0) is 25.1 Å². The molecule has 0 bridgehead atoms. The highest BCUT2D eigenvalue weighted by molar-refractivity contribution is 6.00. The molecule has 1 aromatic rings. The Morgan fingerprint density at radius 1 is 1.47 bits per heavy atom. The number of nitrogen functional groups attached to an aromatic ring is 1. The van der Waals surface area contributed by atoms with Crippen molar-refractivity contribution in [1.82, 2.24) is 5.32 Å². The van der Waals surface area contributed by atoms with Gasteiger partial charge in [0.25, 0.3) is 12.3 Å². The van der Waals surface area contributed by atoms with Crippen molar-refractivity contribution in [1.29, 1.82) is 0 Å². The standard InChI is InChI=1S/C11H15F2N3O/c1-2-15-11(17)8-4-3-7(14)5-9(8)16-6-10(12)13/h3-5,10,16H,2,6,14H2,1H3,(H,15,17). The molecule has 17 heavy (non-hydrogen) atoms. The Kier molecular flexibility index (Phi) is 4.68. The van der Waals surface area contributed by atoms with E-state index >= 15 is 0 Å². The molecular formula is C11H15F2N3O. The van der Waals surface area contributed by atoms with Crippen molar-refractivity contribution in [3.63, 3.8) is 0 Å². The topological polar surface area (TPSA) is 67.2 Å². The fraction of sp³-hybridized carbons (Fsp3) is 0.364. The molecule has 0 spiro atoms. The summed E-state index contributed by atoms with van der Waals surface area (Å²) in [6.45, 7) is 1.73. The third-order valence-electron chi connectivity index (χ3n) is 2.07. The van der Waals surface area contributed by atoms with E-state index < -0.39 is 13.0 Å². The van der Waals surface area contributed by atoms with E-state index in [1.54, 1.807) is 13.0 Å². The van der Waals surface area contributed by atoms with Gasteiger partial charge < -0.3 is 16.4 Å². The van der Waals surface area contributed by atoms with Gasteiger partial charge in [0.2, 0.25) is 0 Å². The molecule has 4 N–H and O–H groups in total. The van der Waals surface area contributed by atoms with Gasteiger partial charge in [0.1, 0.15) is 0 Å². The Hall–Kier alpha value is -1.85. The second-order valence-electron chi connectivity index (χ2n) is 3.44. The van der Waals surface area contributed by atoms with Crippen LogP contribution in [0.4, 0.5) is 20.2 Å². The summed E-state index contributed by atoms with van der Waals surface area (Å²) >= 11 is 0. The quantitative estimate of drug-likeness (QED) is 0.689. The first-order chi connectivity index (χ1) is 8.04. The number of nitrogens with one attached hydrogen (secondary N) is 2. The van der Waals surface area contributed by atoms with Crippen molar-refractivity contribution in [3.05, 3.63) is 23.8 Å². The number of carbonyl (C=O) groups excluding carboxylic acids is 1. The molecule has 1 rings (SSSR count). The smallest absolute Gasteiger partial charge is 0.255 e. The van der Waals surface area contributed by atoms with Crippen molar-refractivity contribution in [3.8, 4) is 0 Å². The zero-order valence-electron chi connectivity index (χ0n) is 9.47. The summed E-state index contributed by atoms with van der Waals surface area (Å²) in [4.78, 5) is 11.6. The van der Waals surface area contributed by atoms with Gasteiger partial charge in [0.05, 0.1) is 12.1 Å². The maximum atomic E-state index is 12.1. The molecule has 0 unspecified atom stereocenters. The largest absolute Gasteiger partial charge is 0.399 e. The lowest BCUT2D eigenvalue weighted by Gasteiger charge is -2.12. The van der Waals surface area contributed by atoms with Gasteiger partial charge in [-0.3, -0.25) is 4.79 Å². The Labute approximate surface area is 98.2 Å². The van der Waals surface area contributed by atoms with Crippen LogP contribution in [0.15, 0.2) is 18.2 Å². The molecular weight excluding hydrogens is 228 g/mol. The molecule has 0 saturated heterocycles. The molecule has 6 heteroatoms. The number of nitrogens with two attached hydrogens (primary N) is 1. The maximum Gasteiger partial charge on any atom is 0.255 e. The number of alkyl halides is 2. The molecule has 0 aliphatic carbocycles. The molecule has 0 fully saturated rings. The Morgan fingerprint density at radius 3 is 2.76 bits per heavy atom. The highest BCUT2D eigenvalue weighted by atomic mass is 19.3. The number of hydrogen-bond donors (Lipinski definition) is 3. The van der Waals surface area contributed by atoms with E-state index in [0.29, 0.717) is 23.5 Å². The number of rotatable bonds is 5. The van der Waals surface area contributed by atoms with Gasteiger partial charge in [0.15, 0.2) is 0 Å². The second-order valence-corrected chi connectivity index (χ2v) is 3.44. The highest BCUT2D eigenvalue weighted by Crippen LogP contribution is 2.19. The minimum absolute atomic E-state index is 0.307. The zero-order valence-corrected chi connectivity index (χ0v) is 9.47. The molecule has 4 nitrogen and oxygen atoms in total. The SMILES string of the molecule is CCNC(=O)c1ccc(N)cc1NCC(F)F. The van der Waals surface area contributed by atoms with E-state index in [9.17, 15) is 13.6 Å². The summed E-state index contributed by atoms with van der Waals surface area (Å²) in [6.07, 6.45) is -2.49. The molecule has 0 atom stereocenters. The number of halogens is 2. The number of anilines is 2. The Balaban J connectivity index is 2.91. The lowest BCUT2D eigenvalue weighted by Crippen LogP contribution is -2.24. The molecule has 0 heterocycles. The molecule has 1 aromatic carbocycles. The number of hydrogen-bond acceptors (Lipinski definition) is 3. The minimum Gasteiger partial charge on any atom is -0.399 e. The molecule has 1 amide bonds. The molecule has 94 valence electrons. The fourth-order valence-corrected chi connectivity index (χ4v) is 1.35. The lowest BCUT2D eigenvalue weighted by molar-refractivity contribution is 0.0956. The van der Waals surface area contributed by atoms with Crippen LogP contribution in [0, 0.1) is 0 Å². The van der Waals surface area contributed by atoms with Gasteiger partial charge in [-0.25, -0.2) is 8.78 Å². The molecule has 0 aromatic heterocycles. The first-order valence-corrected chi connectivity index (χ1v) is 5.24. The van der Waals surface area contributed by atoms with Crippen molar-refractivity contribution >= 4 is 17.3 Å². The summed E-state index contributed by atoms with van der Waals surface area (Å²) in [5.41, 5.74) is 6.58. The van der Waals surface area contributed by atoms with E-state index in [2.05, 4.69) is 10.6 Å². The summed E-state index contributed by atoms with van der Waals surface area (Å²) in [5, 5.41) is 5.10. The van der Waals surface area contributed by atoms with Gasteiger partial charge >= 0.3 is 0 Å². The molecule has 0 aliphatic rings. The third-order valence-corrected chi connectivity index (χ3v) is 2.07. The lowest BCUT2D eigenvalue weighted by atomic mass is 10.1. The van der Waals surface area contributed by atoms with Crippen LogP contribution >= 0.6 is 0 Å². The minimum atomic E-state index is -2.49. The zero-order chi connectivity index (χ0) is 12.8. The Morgan fingerprint density at radius 2 is 2.18 bits per heavy atom. The van der Waals surface area contributed by atoms with Gasteiger partial charge in [-0.15, -0.1) is 0 Å². The number of amides is 1. The summed E-state index contributed by atoms with van der Waals surface area (Å²) in [7, 11) is 0. The van der Waals surface area contributed by atoms with Crippen molar-refractivity contribution in [2.24, 2.45) is 0 Å². The molecule has 0 saturated carbocycles. The predicted molar refractivity (Wildman–Crippen MR) is 63.4 cm³/mol. The summed E-state index contributed by atoms with van der Waals surface area (Å²) in [6, 6.07) is 4.53. The first kappa shape index (κ1) is 13.2. The summed E-state index contributed by atoms with van der Waals surface area (Å²) < 4.78 is 24.2. The monoisotopic (exact) mass is 243 g/mol. The van der Waals surface area contributed by atoms with Crippen LogP contribution in [0.2, 0.25) is 0 Å². The van der Waals surface area contributed by atoms with E-state index in [-0.39, 0.29) is 5.91 Å². The van der Waals surface area contributed by atoms with E-state index in [1.807, 2.05) is 0 Å². The Bertz CT molecular complexity index is 396. The third kappa shape index (κ3) is 3.90. The average Bonchev–Trinajstić information content (AvgIpc) is 2.26. The van der Waals surface area contributed by atoms with Gasteiger partial charge in [0, 0.05) is 17.9 Å². The highest BCUT2D eigenvalue weighted by Gasteiger charge is 2.12. The first-order valence-electron chi connectivity index (χ1n) is 5.24. The molecule has 0 aliphatic heterocycles. The maximum absolute atomic E-state index is 12.1. The van der Waals surface area contributed by atoms with Crippen LogP contribution in [-0.2, 0) is 0 Å². The average molecular weight is 243 g/mol. The van der Waals surface area contributed by atoms with E-state index in [4.69, 9.17) is 5.73 Å². The van der Waals surface area contributed by atoms with Crippen molar-refractivity contribution < 1.29 is 13.6 Å². The van der Waals surface area contributed by atoms with E-state index in [0.717, 1.165) is 0 Å². The van der Waals surface area contributed by atoms with E-state index in [1.165, 1.54) is 12.1 Å². The van der Waals surface area contributed by atoms with Crippen LogP contribution in [0.1, 0.15) is 17.3 Å². The normalized spacial score (nSPS) is 10.4. The number of carbonyl (C=O) groups is 1. The van der Waals surface area contributed by atoms with Crippen molar-refractivity contribution in [2.75, 3.05) is 24.1 Å². The van der Waals surface area contributed by atoms with Crippen LogP contribution < -0.4 is 16.4 Å². The number of benzene rings is 1. The fourth-order valence-electron chi connectivity index (χ4n) is 1.35. The predicted octanol–water partition coefficient (Wildman–Crippen LogP) is 1.70.